The summed E-state index contributed by atoms with van der Waals surface area (Å²) >= 11 is 0. The van der Waals surface area contributed by atoms with Gasteiger partial charge in [0.15, 0.2) is 0 Å². The van der Waals surface area contributed by atoms with Crippen molar-refractivity contribution in [3.8, 4) is 0 Å². The Morgan fingerprint density at radius 1 is 0.886 bits per heavy atom. The fraction of sp³-hybridized carbons (Fsp3) is 0.259. The van der Waals surface area contributed by atoms with Crippen molar-refractivity contribution in [2.45, 2.75) is 32.9 Å². The van der Waals surface area contributed by atoms with E-state index >= 15 is 0 Å². The number of carbonyl (C=O) groups is 2. The molecule has 0 aliphatic carbocycles. The highest BCUT2D eigenvalue weighted by Gasteiger charge is 2.43. The third-order valence-electron chi connectivity index (χ3n) is 5.40. The van der Waals surface area contributed by atoms with Gasteiger partial charge in [0.05, 0.1) is 35.8 Å². The zero-order valence-corrected chi connectivity index (χ0v) is 19.6. The molecule has 3 rings (SSSR count). The minimum absolute atomic E-state index is 0.00306. The molecule has 8 heteroatoms. The molecule has 0 bridgehead atoms. The first-order chi connectivity index (χ1) is 16.7. The number of hydrogen-bond donors (Lipinski definition) is 1. The van der Waals surface area contributed by atoms with Crippen LogP contribution in [-0.4, -0.2) is 25.2 Å². The minimum atomic E-state index is -4.71. The van der Waals surface area contributed by atoms with E-state index in [0.29, 0.717) is 0 Å². The van der Waals surface area contributed by atoms with Crippen LogP contribution in [0.25, 0.3) is 6.08 Å². The number of allylic oxidation sites excluding steroid dienone is 2. The summed E-state index contributed by atoms with van der Waals surface area (Å²) in [5.74, 6) is -3.00. The molecular formula is C27H26F3NO4. The Balaban J connectivity index is 2.31. The normalized spacial score (nSPS) is 16.3. The third-order valence-corrected chi connectivity index (χ3v) is 5.40. The van der Waals surface area contributed by atoms with Gasteiger partial charge in [0.25, 0.3) is 0 Å². The van der Waals surface area contributed by atoms with Crippen LogP contribution in [-0.2, 0) is 25.2 Å². The molecule has 0 saturated carbocycles. The van der Waals surface area contributed by atoms with E-state index in [1.54, 1.807) is 32.9 Å². The van der Waals surface area contributed by atoms with Crippen molar-refractivity contribution in [3.63, 3.8) is 0 Å². The summed E-state index contributed by atoms with van der Waals surface area (Å²) in [6.07, 6.45) is -1.40. The summed E-state index contributed by atoms with van der Waals surface area (Å²) in [5.41, 5.74) is -0.0406. The van der Waals surface area contributed by atoms with Crippen LogP contribution in [0, 0.1) is 0 Å². The molecule has 0 fully saturated rings. The van der Waals surface area contributed by atoms with E-state index in [-0.39, 0.29) is 41.3 Å². The van der Waals surface area contributed by atoms with Crippen molar-refractivity contribution in [1.82, 2.24) is 5.32 Å². The molecule has 1 N–H and O–H groups in total. The SMILES string of the molecule is CCOC(=O)C1=C(C)NC(C=Cc2ccccc2)=C(C(=O)OCC)C1c1ccccc1C(F)(F)F. The molecule has 1 atom stereocenters. The van der Waals surface area contributed by atoms with Gasteiger partial charge in [0, 0.05) is 11.4 Å². The Labute approximate surface area is 201 Å². The fourth-order valence-corrected chi connectivity index (χ4v) is 3.96. The van der Waals surface area contributed by atoms with Crippen molar-refractivity contribution in [2.24, 2.45) is 0 Å². The standard InChI is InChI=1S/C27H26F3NO4/c1-4-34-25(32)22-17(3)31-21(16-15-18-11-7-6-8-12-18)24(26(33)35-5-2)23(22)19-13-9-10-14-20(19)27(28,29)30/h6-16,23,31H,4-5H2,1-3H3. The fourth-order valence-electron chi connectivity index (χ4n) is 3.96. The first-order valence-electron chi connectivity index (χ1n) is 11.1. The number of nitrogens with one attached hydrogen (secondary N) is 1. The van der Waals surface area contributed by atoms with Gasteiger partial charge in [-0.25, -0.2) is 9.59 Å². The molecule has 0 aromatic heterocycles. The van der Waals surface area contributed by atoms with Crippen molar-refractivity contribution in [3.05, 3.63) is 99.9 Å². The molecule has 1 heterocycles. The number of ether oxygens (including phenoxy) is 2. The number of hydrogen-bond acceptors (Lipinski definition) is 5. The monoisotopic (exact) mass is 485 g/mol. The van der Waals surface area contributed by atoms with E-state index in [4.69, 9.17) is 9.47 Å². The lowest BCUT2D eigenvalue weighted by Gasteiger charge is -2.32. The Morgan fingerprint density at radius 3 is 2.06 bits per heavy atom. The van der Waals surface area contributed by atoms with Crippen LogP contribution >= 0.6 is 0 Å². The average molecular weight is 486 g/mol. The summed E-state index contributed by atoms with van der Waals surface area (Å²) < 4.78 is 52.5. The number of benzene rings is 2. The first kappa shape index (κ1) is 25.8. The van der Waals surface area contributed by atoms with E-state index in [1.165, 1.54) is 18.2 Å². The highest BCUT2D eigenvalue weighted by Crippen LogP contribution is 2.44. The number of rotatable bonds is 7. The molecule has 1 aliphatic rings. The van der Waals surface area contributed by atoms with E-state index in [1.807, 2.05) is 30.3 Å². The maximum atomic E-state index is 14.0. The summed E-state index contributed by atoms with van der Waals surface area (Å²) in [6, 6.07) is 14.1. The second-order valence-electron chi connectivity index (χ2n) is 7.69. The lowest BCUT2D eigenvalue weighted by atomic mass is 9.78. The maximum absolute atomic E-state index is 14.0. The third kappa shape index (κ3) is 5.82. The van der Waals surface area contributed by atoms with Crippen molar-refractivity contribution < 1.29 is 32.2 Å². The number of dihydropyridines is 1. The minimum Gasteiger partial charge on any atom is -0.463 e. The van der Waals surface area contributed by atoms with Crippen molar-refractivity contribution in [2.75, 3.05) is 13.2 Å². The molecule has 2 aromatic carbocycles. The summed E-state index contributed by atoms with van der Waals surface area (Å²) in [5, 5.41) is 3.01. The predicted molar refractivity (Wildman–Crippen MR) is 126 cm³/mol. The van der Waals surface area contributed by atoms with E-state index in [2.05, 4.69) is 5.32 Å². The number of alkyl halides is 3. The molecule has 5 nitrogen and oxygen atoms in total. The molecule has 0 radical (unpaired) electrons. The molecule has 0 amide bonds. The zero-order valence-electron chi connectivity index (χ0n) is 19.6. The summed E-state index contributed by atoms with van der Waals surface area (Å²) in [6.45, 7) is 4.78. The Kier molecular flexibility index (Phi) is 8.17. The number of carbonyl (C=O) groups excluding carboxylic acids is 2. The maximum Gasteiger partial charge on any atom is 0.416 e. The van der Waals surface area contributed by atoms with Crippen LogP contribution in [0.1, 0.15) is 43.4 Å². The highest BCUT2D eigenvalue weighted by molar-refractivity contribution is 6.00. The zero-order chi connectivity index (χ0) is 25.6. The van der Waals surface area contributed by atoms with Gasteiger partial charge in [-0.15, -0.1) is 0 Å². The Bertz CT molecular complexity index is 1180. The predicted octanol–water partition coefficient (Wildman–Crippen LogP) is 5.76. The lowest BCUT2D eigenvalue weighted by Crippen LogP contribution is -2.33. The molecule has 1 aliphatic heterocycles. The van der Waals surface area contributed by atoms with Gasteiger partial charge in [-0.1, -0.05) is 54.6 Å². The first-order valence-corrected chi connectivity index (χ1v) is 11.1. The molecule has 0 saturated heterocycles. The van der Waals surface area contributed by atoms with Crippen LogP contribution in [0.15, 0.2) is 83.2 Å². The van der Waals surface area contributed by atoms with Gasteiger partial charge < -0.3 is 14.8 Å². The van der Waals surface area contributed by atoms with E-state index < -0.39 is 29.6 Å². The Hall–Kier alpha value is -3.81. The van der Waals surface area contributed by atoms with Gasteiger partial charge in [-0.2, -0.15) is 13.2 Å². The highest BCUT2D eigenvalue weighted by atomic mass is 19.4. The van der Waals surface area contributed by atoms with Crippen LogP contribution in [0.3, 0.4) is 0 Å². The van der Waals surface area contributed by atoms with Gasteiger partial charge >= 0.3 is 18.1 Å². The Morgan fingerprint density at radius 2 is 1.46 bits per heavy atom. The molecule has 0 spiro atoms. The molecular weight excluding hydrogens is 459 g/mol. The quantitative estimate of drug-likeness (QED) is 0.505. The van der Waals surface area contributed by atoms with Gasteiger partial charge in [0.1, 0.15) is 0 Å². The second kappa shape index (κ2) is 11.1. The van der Waals surface area contributed by atoms with Gasteiger partial charge in [0.2, 0.25) is 0 Å². The van der Waals surface area contributed by atoms with Crippen LogP contribution in [0.5, 0.6) is 0 Å². The summed E-state index contributed by atoms with van der Waals surface area (Å²) in [4.78, 5) is 26.2. The molecule has 1 unspecified atom stereocenters. The van der Waals surface area contributed by atoms with Crippen LogP contribution in [0.2, 0.25) is 0 Å². The topological polar surface area (TPSA) is 64.6 Å². The van der Waals surface area contributed by atoms with Crippen molar-refractivity contribution in [1.29, 1.82) is 0 Å². The summed E-state index contributed by atoms with van der Waals surface area (Å²) in [7, 11) is 0. The lowest BCUT2D eigenvalue weighted by molar-refractivity contribution is -0.142. The smallest absolute Gasteiger partial charge is 0.416 e. The number of halogens is 3. The molecule has 35 heavy (non-hydrogen) atoms. The largest absolute Gasteiger partial charge is 0.463 e. The second-order valence-corrected chi connectivity index (χ2v) is 7.69. The van der Waals surface area contributed by atoms with Crippen LogP contribution < -0.4 is 5.32 Å². The molecule has 184 valence electrons. The van der Waals surface area contributed by atoms with Gasteiger partial charge in [-0.05, 0) is 44.0 Å². The average Bonchev–Trinajstić information content (AvgIpc) is 2.82. The van der Waals surface area contributed by atoms with Crippen molar-refractivity contribution >= 4 is 18.0 Å². The van der Waals surface area contributed by atoms with E-state index in [9.17, 15) is 22.8 Å². The van der Waals surface area contributed by atoms with Crippen LogP contribution in [0.4, 0.5) is 13.2 Å². The van der Waals surface area contributed by atoms with E-state index in [0.717, 1.165) is 11.6 Å². The number of esters is 2. The van der Waals surface area contributed by atoms with Gasteiger partial charge in [-0.3, -0.25) is 0 Å². The molecule has 2 aromatic rings.